The Morgan fingerprint density at radius 3 is 2.56 bits per heavy atom. The number of likely N-dealkylation sites (tertiary alicyclic amines) is 1. The van der Waals surface area contributed by atoms with Gasteiger partial charge in [-0.05, 0) is 38.3 Å². The average molecular weight is 256 g/mol. The molecule has 0 radical (unpaired) electrons. The maximum Gasteiger partial charge on any atom is 0.303 e. The number of carbonyl (C=O) groups is 2. The van der Waals surface area contributed by atoms with Gasteiger partial charge in [-0.15, -0.1) is 0 Å². The van der Waals surface area contributed by atoms with E-state index < -0.39 is 5.97 Å². The van der Waals surface area contributed by atoms with Gasteiger partial charge in [0.25, 0.3) is 0 Å². The summed E-state index contributed by atoms with van der Waals surface area (Å²) in [5.41, 5.74) is 0. The van der Waals surface area contributed by atoms with Gasteiger partial charge in [-0.3, -0.25) is 14.5 Å². The summed E-state index contributed by atoms with van der Waals surface area (Å²) < 4.78 is 0. The van der Waals surface area contributed by atoms with E-state index in [9.17, 15) is 9.59 Å². The van der Waals surface area contributed by atoms with Crippen LogP contribution in [0.1, 0.15) is 39.0 Å². The predicted octanol–water partition coefficient (Wildman–Crippen LogP) is 1.09. The summed E-state index contributed by atoms with van der Waals surface area (Å²) >= 11 is 0. The number of hydrogen-bond acceptors (Lipinski definition) is 3. The Morgan fingerprint density at radius 2 is 2.00 bits per heavy atom. The van der Waals surface area contributed by atoms with Crippen molar-refractivity contribution in [1.29, 1.82) is 0 Å². The summed E-state index contributed by atoms with van der Waals surface area (Å²) in [6, 6.07) is 0. The summed E-state index contributed by atoms with van der Waals surface area (Å²) in [7, 11) is 0. The van der Waals surface area contributed by atoms with Crippen molar-refractivity contribution in [3.63, 3.8) is 0 Å². The monoisotopic (exact) mass is 256 g/mol. The lowest BCUT2D eigenvalue weighted by molar-refractivity contribution is -0.138. The SMILES string of the molecule is CCCCNC(=O)CN1CCC(CC(=O)O)CC1. The number of piperidine rings is 1. The molecule has 0 unspecified atom stereocenters. The minimum Gasteiger partial charge on any atom is -0.481 e. The molecular weight excluding hydrogens is 232 g/mol. The summed E-state index contributed by atoms with van der Waals surface area (Å²) in [6.45, 7) is 4.96. The van der Waals surface area contributed by atoms with Gasteiger partial charge in [0.1, 0.15) is 0 Å². The van der Waals surface area contributed by atoms with Gasteiger partial charge >= 0.3 is 5.97 Å². The molecule has 5 nitrogen and oxygen atoms in total. The third-order valence-corrected chi connectivity index (χ3v) is 3.39. The molecule has 2 N–H and O–H groups in total. The predicted molar refractivity (Wildman–Crippen MR) is 69.3 cm³/mol. The summed E-state index contributed by atoms with van der Waals surface area (Å²) in [6.07, 6.45) is 4.13. The summed E-state index contributed by atoms with van der Waals surface area (Å²) in [5, 5.41) is 11.6. The lowest BCUT2D eigenvalue weighted by atomic mass is 9.94. The Hall–Kier alpha value is -1.10. The smallest absolute Gasteiger partial charge is 0.303 e. The zero-order chi connectivity index (χ0) is 13.4. The summed E-state index contributed by atoms with van der Waals surface area (Å²) in [4.78, 5) is 24.3. The fourth-order valence-electron chi connectivity index (χ4n) is 2.26. The van der Waals surface area contributed by atoms with Gasteiger partial charge in [0.15, 0.2) is 0 Å². The van der Waals surface area contributed by atoms with Crippen molar-refractivity contribution in [3.8, 4) is 0 Å². The van der Waals surface area contributed by atoms with Gasteiger partial charge in [-0.1, -0.05) is 13.3 Å². The van der Waals surface area contributed by atoms with E-state index in [4.69, 9.17) is 5.11 Å². The molecule has 104 valence electrons. The van der Waals surface area contributed by atoms with Crippen molar-refractivity contribution in [3.05, 3.63) is 0 Å². The molecule has 1 aliphatic heterocycles. The first-order chi connectivity index (χ1) is 8.61. The second kappa shape index (κ2) is 8.08. The molecule has 1 fully saturated rings. The number of carboxylic acid groups (broad SMARTS) is 1. The highest BCUT2D eigenvalue weighted by Gasteiger charge is 2.22. The van der Waals surface area contributed by atoms with Crippen molar-refractivity contribution in [2.75, 3.05) is 26.2 Å². The van der Waals surface area contributed by atoms with Gasteiger partial charge in [-0.25, -0.2) is 0 Å². The van der Waals surface area contributed by atoms with Gasteiger partial charge in [-0.2, -0.15) is 0 Å². The second-order valence-electron chi connectivity index (χ2n) is 5.02. The molecule has 1 amide bonds. The zero-order valence-corrected chi connectivity index (χ0v) is 11.2. The Balaban J connectivity index is 2.14. The number of carboxylic acids is 1. The van der Waals surface area contributed by atoms with Gasteiger partial charge in [0.2, 0.25) is 5.91 Å². The Labute approximate surface area is 109 Å². The maximum absolute atomic E-state index is 11.6. The zero-order valence-electron chi connectivity index (χ0n) is 11.2. The van der Waals surface area contributed by atoms with Crippen molar-refractivity contribution in [2.24, 2.45) is 5.92 Å². The van der Waals surface area contributed by atoms with E-state index in [1.807, 2.05) is 0 Å². The molecule has 0 spiro atoms. The molecular formula is C13H24N2O3. The topological polar surface area (TPSA) is 69.6 Å². The number of hydrogen-bond donors (Lipinski definition) is 2. The third-order valence-electron chi connectivity index (χ3n) is 3.39. The molecule has 0 bridgehead atoms. The fraction of sp³-hybridized carbons (Fsp3) is 0.846. The molecule has 0 aromatic heterocycles. The molecule has 18 heavy (non-hydrogen) atoms. The molecule has 0 aromatic carbocycles. The Morgan fingerprint density at radius 1 is 1.33 bits per heavy atom. The van der Waals surface area contributed by atoms with E-state index in [2.05, 4.69) is 17.1 Å². The van der Waals surface area contributed by atoms with Gasteiger partial charge in [0, 0.05) is 13.0 Å². The Bertz CT molecular complexity index is 273. The van der Waals surface area contributed by atoms with Crippen LogP contribution in [0.15, 0.2) is 0 Å². The number of unbranched alkanes of at least 4 members (excludes halogenated alkanes) is 1. The molecule has 1 saturated heterocycles. The minimum atomic E-state index is -0.717. The quantitative estimate of drug-likeness (QED) is 0.669. The van der Waals surface area contributed by atoms with Crippen LogP contribution in [0.2, 0.25) is 0 Å². The molecule has 1 heterocycles. The van der Waals surface area contributed by atoms with E-state index in [1.54, 1.807) is 0 Å². The number of aliphatic carboxylic acids is 1. The first kappa shape index (κ1) is 15.0. The van der Waals surface area contributed by atoms with Crippen LogP contribution < -0.4 is 5.32 Å². The molecule has 5 heteroatoms. The lowest BCUT2D eigenvalue weighted by Gasteiger charge is -2.30. The Kier molecular flexibility index (Phi) is 6.72. The van der Waals surface area contributed by atoms with E-state index in [0.717, 1.165) is 45.3 Å². The van der Waals surface area contributed by atoms with E-state index in [1.165, 1.54) is 0 Å². The third kappa shape index (κ3) is 6.00. The average Bonchev–Trinajstić information content (AvgIpc) is 2.31. The molecule has 0 aliphatic carbocycles. The molecule has 0 atom stereocenters. The fourth-order valence-corrected chi connectivity index (χ4v) is 2.26. The number of carbonyl (C=O) groups excluding carboxylic acids is 1. The van der Waals surface area contributed by atoms with Crippen LogP contribution in [0.3, 0.4) is 0 Å². The van der Waals surface area contributed by atoms with Crippen LogP contribution in [0.5, 0.6) is 0 Å². The van der Waals surface area contributed by atoms with Crippen molar-refractivity contribution >= 4 is 11.9 Å². The van der Waals surface area contributed by atoms with Crippen LogP contribution in [0.25, 0.3) is 0 Å². The number of nitrogens with one attached hydrogen (secondary N) is 1. The van der Waals surface area contributed by atoms with E-state index in [-0.39, 0.29) is 18.2 Å². The highest BCUT2D eigenvalue weighted by molar-refractivity contribution is 5.78. The van der Waals surface area contributed by atoms with Crippen molar-refractivity contribution in [1.82, 2.24) is 10.2 Å². The number of amides is 1. The second-order valence-corrected chi connectivity index (χ2v) is 5.02. The van der Waals surface area contributed by atoms with E-state index in [0.29, 0.717) is 6.54 Å². The van der Waals surface area contributed by atoms with E-state index >= 15 is 0 Å². The number of nitrogens with zero attached hydrogens (tertiary/aromatic N) is 1. The number of rotatable bonds is 7. The van der Waals surface area contributed by atoms with Crippen molar-refractivity contribution in [2.45, 2.75) is 39.0 Å². The van der Waals surface area contributed by atoms with Crippen LogP contribution >= 0.6 is 0 Å². The lowest BCUT2D eigenvalue weighted by Crippen LogP contribution is -2.42. The highest BCUT2D eigenvalue weighted by Crippen LogP contribution is 2.19. The standard InChI is InChI=1S/C13H24N2O3/c1-2-3-6-14-12(16)10-15-7-4-11(5-8-15)9-13(17)18/h11H,2-10H2,1H3,(H,14,16)(H,17,18). The largest absolute Gasteiger partial charge is 0.481 e. The molecule has 0 saturated carbocycles. The first-order valence-corrected chi connectivity index (χ1v) is 6.82. The van der Waals surface area contributed by atoms with Crippen LogP contribution in [-0.4, -0.2) is 48.1 Å². The first-order valence-electron chi connectivity index (χ1n) is 6.82. The normalized spacial score (nSPS) is 17.6. The van der Waals surface area contributed by atoms with Crippen LogP contribution in [-0.2, 0) is 9.59 Å². The molecule has 0 aromatic rings. The minimum absolute atomic E-state index is 0.0835. The summed E-state index contributed by atoms with van der Waals surface area (Å²) in [5.74, 6) is -0.354. The van der Waals surface area contributed by atoms with Gasteiger partial charge in [0.05, 0.1) is 6.54 Å². The maximum atomic E-state index is 11.6. The van der Waals surface area contributed by atoms with Crippen LogP contribution in [0, 0.1) is 5.92 Å². The van der Waals surface area contributed by atoms with Crippen LogP contribution in [0.4, 0.5) is 0 Å². The van der Waals surface area contributed by atoms with Crippen molar-refractivity contribution < 1.29 is 14.7 Å². The molecule has 1 aliphatic rings. The van der Waals surface area contributed by atoms with Gasteiger partial charge < -0.3 is 10.4 Å². The molecule has 1 rings (SSSR count). The highest BCUT2D eigenvalue weighted by atomic mass is 16.4.